The number of hydrogen-bond acceptors (Lipinski definition) is 6. The molecule has 0 aliphatic carbocycles. The van der Waals surface area contributed by atoms with Gasteiger partial charge in [0, 0.05) is 43.9 Å². The van der Waals surface area contributed by atoms with E-state index in [1.54, 1.807) is 18.5 Å². The summed E-state index contributed by atoms with van der Waals surface area (Å²) >= 11 is 0. The second kappa shape index (κ2) is 10.3. The quantitative estimate of drug-likeness (QED) is 0.534. The molecule has 0 atom stereocenters. The molecule has 1 amide bonds. The number of likely N-dealkylation sites (tertiary alicyclic amines) is 2. The van der Waals surface area contributed by atoms with Crippen LogP contribution >= 0.6 is 0 Å². The van der Waals surface area contributed by atoms with E-state index in [0.717, 1.165) is 56.4 Å². The van der Waals surface area contributed by atoms with Gasteiger partial charge in [0.2, 0.25) is 5.91 Å². The van der Waals surface area contributed by atoms with Gasteiger partial charge in [-0.05, 0) is 76.4 Å². The number of rotatable bonds is 6. The van der Waals surface area contributed by atoms with Crippen molar-refractivity contribution in [2.75, 3.05) is 26.2 Å². The molecule has 3 aromatic rings. The topological polar surface area (TPSA) is 76.4 Å². The molecule has 35 heavy (non-hydrogen) atoms. The highest BCUT2D eigenvalue weighted by atomic mass is 19.1. The van der Waals surface area contributed by atoms with Gasteiger partial charge in [-0.3, -0.25) is 14.3 Å². The summed E-state index contributed by atoms with van der Waals surface area (Å²) in [7, 11) is 0. The van der Waals surface area contributed by atoms with Crippen LogP contribution in [0.15, 0.2) is 36.7 Å². The van der Waals surface area contributed by atoms with Gasteiger partial charge in [0.1, 0.15) is 5.82 Å². The zero-order valence-electron chi connectivity index (χ0n) is 20.4. The fourth-order valence-electron chi connectivity index (χ4n) is 5.31. The van der Waals surface area contributed by atoms with Crippen LogP contribution < -0.4 is 4.74 Å². The molecular formula is C26H33FN6O2. The van der Waals surface area contributed by atoms with Crippen LogP contribution in [0.2, 0.25) is 0 Å². The Morgan fingerprint density at radius 2 is 1.86 bits per heavy atom. The Morgan fingerprint density at radius 3 is 2.54 bits per heavy atom. The van der Waals surface area contributed by atoms with Crippen LogP contribution in [0.4, 0.5) is 4.39 Å². The van der Waals surface area contributed by atoms with E-state index < -0.39 is 0 Å². The van der Waals surface area contributed by atoms with Gasteiger partial charge in [-0.2, -0.15) is 15.2 Å². The summed E-state index contributed by atoms with van der Waals surface area (Å²) in [6.45, 7) is 8.05. The maximum absolute atomic E-state index is 13.8. The molecule has 0 radical (unpaired) electrons. The number of aromatic nitrogens is 4. The van der Waals surface area contributed by atoms with Crippen LogP contribution in [0.5, 0.6) is 6.01 Å². The van der Waals surface area contributed by atoms with Crippen LogP contribution in [0, 0.1) is 11.7 Å². The predicted octanol–water partition coefficient (Wildman–Crippen LogP) is 3.83. The average molecular weight is 481 g/mol. The molecule has 2 aliphatic heterocycles. The maximum Gasteiger partial charge on any atom is 0.297 e. The van der Waals surface area contributed by atoms with E-state index in [-0.39, 0.29) is 29.8 Å². The molecule has 1 aromatic carbocycles. The highest BCUT2D eigenvalue weighted by Gasteiger charge is 2.32. The highest BCUT2D eigenvalue weighted by molar-refractivity contribution is 5.79. The number of benzene rings is 1. The van der Waals surface area contributed by atoms with Crippen LogP contribution in [-0.4, -0.2) is 67.7 Å². The lowest BCUT2D eigenvalue weighted by Crippen LogP contribution is -2.45. The number of ether oxygens (including phenoxy) is 1. The minimum atomic E-state index is -0.304. The zero-order chi connectivity index (χ0) is 24.4. The normalized spacial score (nSPS) is 18.5. The fraction of sp³-hybridized carbons (Fsp3) is 0.538. The lowest BCUT2D eigenvalue weighted by molar-refractivity contribution is -0.138. The van der Waals surface area contributed by atoms with Gasteiger partial charge in [-0.1, -0.05) is 0 Å². The molecule has 0 saturated carbocycles. The number of amides is 1. The number of imidazole rings is 1. The molecule has 2 saturated heterocycles. The SMILES string of the molecule is CC(C)Oc1nc2cc(F)ccc2n1C1CCN(C(=O)C2CCN(Cc3ccnnc3)CC2)CC1. The Balaban J connectivity index is 1.19. The van der Waals surface area contributed by atoms with Gasteiger partial charge in [0.05, 0.1) is 23.3 Å². The first-order valence-electron chi connectivity index (χ1n) is 12.6. The molecule has 9 heteroatoms. The molecule has 186 valence electrons. The maximum atomic E-state index is 13.8. The molecule has 2 aliphatic rings. The molecule has 2 aromatic heterocycles. The number of piperidine rings is 2. The Kier molecular flexibility index (Phi) is 6.95. The third-order valence-electron chi connectivity index (χ3n) is 7.09. The highest BCUT2D eigenvalue weighted by Crippen LogP contribution is 2.34. The van der Waals surface area contributed by atoms with Gasteiger partial charge in [0.15, 0.2) is 0 Å². The summed E-state index contributed by atoms with van der Waals surface area (Å²) in [5, 5.41) is 7.79. The van der Waals surface area contributed by atoms with Crippen molar-refractivity contribution in [3.63, 3.8) is 0 Å². The monoisotopic (exact) mass is 480 g/mol. The number of nitrogens with zero attached hydrogens (tertiary/aromatic N) is 6. The summed E-state index contributed by atoms with van der Waals surface area (Å²) in [5.74, 6) is 0.0716. The number of carbonyl (C=O) groups excluding carboxylic acids is 1. The Bertz CT molecular complexity index is 1150. The van der Waals surface area contributed by atoms with E-state index in [9.17, 15) is 9.18 Å². The molecule has 5 rings (SSSR count). The Hall–Kier alpha value is -3.07. The van der Waals surface area contributed by atoms with Crippen molar-refractivity contribution in [3.05, 3.63) is 48.0 Å². The standard InChI is InChI=1S/C26H33FN6O2/c1-18(2)35-26-30-23-15-21(27)3-4-24(23)33(26)22-8-13-32(14-9-22)25(34)20-6-11-31(12-7-20)17-19-5-10-28-29-16-19/h3-5,10,15-16,18,20,22H,6-9,11-14,17H2,1-2H3. The summed E-state index contributed by atoms with van der Waals surface area (Å²) in [6.07, 6.45) is 6.94. The summed E-state index contributed by atoms with van der Waals surface area (Å²) in [6, 6.07) is 7.39. The first-order chi connectivity index (χ1) is 17.0. The smallest absolute Gasteiger partial charge is 0.297 e. The average Bonchev–Trinajstić information content (AvgIpc) is 3.21. The van der Waals surface area contributed by atoms with E-state index in [4.69, 9.17) is 4.74 Å². The van der Waals surface area contributed by atoms with Gasteiger partial charge in [-0.15, -0.1) is 0 Å². The van der Waals surface area contributed by atoms with Crippen molar-refractivity contribution in [3.8, 4) is 6.01 Å². The fourth-order valence-corrected chi connectivity index (χ4v) is 5.31. The van der Waals surface area contributed by atoms with Gasteiger partial charge < -0.3 is 9.64 Å². The molecule has 8 nitrogen and oxygen atoms in total. The van der Waals surface area contributed by atoms with Crippen molar-refractivity contribution < 1.29 is 13.9 Å². The number of halogens is 1. The molecule has 4 heterocycles. The van der Waals surface area contributed by atoms with Crippen LogP contribution in [0.3, 0.4) is 0 Å². The van der Waals surface area contributed by atoms with Crippen molar-refractivity contribution in [2.24, 2.45) is 5.92 Å². The van der Waals surface area contributed by atoms with Crippen molar-refractivity contribution >= 4 is 16.9 Å². The summed E-state index contributed by atoms with van der Waals surface area (Å²) in [5.41, 5.74) is 2.64. The van der Waals surface area contributed by atoms with E-state index in [0.29, 0.717) is 24.6 Å². The summed E-state index contributed by atoms with van der Waals surface area (Å²) in [4.78, 5) is 22.3. The second-order valence-electron chi connectivity index (χ2n) is 9.92. The molecular weight excluding hydrogens is 447 g/mol. The number of fused-ring (bicyclic) bond motifs is 1. The van der Waals surface area contributed by atoms with Crippen molar-refractivity contribution in [1.82, 2.24) is 29.5 Å². The molecule has 0 spiro atoms. The zero-order valence-corrected chi connectivity index (χ0v) is 20.4. The van der Waals surface area contributed by atoms with Gasteiger partial charge in [0.25, 0.3) is 6.01 Å². The first kappa shape index (κ1) is 23.7. The Morgan fingerprint density at radius 1 is 1.09 bits per heavy atom. The van der Waals surface area contributed by atoms with E-state index in [1.807, 2.05) is 24.8 Å². The lowest BCUT2D eigenvalue weighted by Gasteiger charge is -2.38. The van der Waals surface area contributed by atoms with Crippen LogP contribution in [0.25, 0.3) is 11.0 Å². The molecule has 0 N–H and O–H groups in total. The second-order valence-corrected chi connectivity index (χ2v) is 9.92. The largest absolute Gasteiger partial charge is 0.462 e. The minimum absolute atomic E-state index is 0.0298. The van der Waals surface area contributed by atoms with E-state index in [2.05, 4.69) is 24.6 Å². The summed E-state index contributed by atoms with van der Waals surface area (Å²) < 4.78 is 21.9. The molecule has 2 fully saturated rings. The third kappa shape index (κ3) is 5.29. The number of carbonyl (C=O) groups is 1. The third-order valence-corrected chi connectivity index (χ3v) is 7.09. The predicted molar refractivity (Wildman–Crippen MR) is 130 cm³/mol. The van der Waals surface area contributed by atoms with E-state index >= 15 is 0 Å². The Labute approximate surface area is 205 Å². The van der Waals surface area contributed by atoms with Gasteiger partial charge >= 0.3 is 0 Å². The van der Waals surface area contributed by atoms with Crippen molar-refractivity contribution in [1.29, 1.82) is 0 Å². The van der Waals surface area contributed by atoms with E-state index in [1.165, 1.54) is 12.1 Å². The van der Waals surface area contributed by atoms with Crippen LogP contribution in [-0.2, 0) is 11.3 Å². The molecule has 0 bridgehead atoms. The first-order valence-corrected chi connectivity index (χ1v) is 12.6. The lowest BCUT2D eigenvalue weighted by atomic mass is 9.93. The van der Waals surface area contributed by atoms with Crippen LogP contribution in [0.1, 0.15) is 51.1 Å². The number of hydrogen-bond donors (Lipinski definition) is 0. The van der Waals surface area contributed by atoms with Crippen molar-refractivity contribution in [2.45, 2.75) is 58.2 Å². The minimum Gasteiger partial charge on any atom is -0.462 e. The van der Waals surface area contributed by atoms with Gasteiger partial charge in [-0.25, -0.2) is 4.39 Å². The molecule has 0 unspecified atom stereocenters.